The van der Waals surface area contributed by atoms with Crippen molar-refractivity contribution in [2.24, 2.45) is 11.1 Å². The Morgan fingerprint density at radius 3 is 2.46 bits per heavy atom. The van der Waals surface area contributed by atoms with Crippen molar-refractivity contribution < 1.29 is 9.59 Å². The van der Waals surface area contributed by atoms with Crippen molar-refractivity contribution in [1.82, 2.24) is 10.2 Å². The topological polar surface area (TPSA) is 99.2 Å². The zero-order valence-electron chi connectivity index (χ0n) is 15.4. The number of primary amides is 1. The highest BCUT2D eigenvalue weighted by Crippen LogP contribution is 2.30. The molecule has 0 bridgehead atoms. The maximum atomic E-state index is 12.8. The molecule has 0 radical (unpaired) electrons. The summed E-state index contributed by atoms with van der Waals surface area (Å²) in [6.45, 7) is 8.18. The smallest absolute Gasteiger partial charge is 0.223 e. The Hall–Kier alpha value is -1.61. The third-order valence-corrected chi connectivity index (χ3v) is 4.80. The Morgan fingerprint density at radius 1 is 1.33 bits per heavy atom. The van der Waals surface area contributed by atoms with E-state index in [0.29, 0.717) is 38.6 Å². The van der Waals surface area contributed by atoms with Gasteiger partial charge in [-0.25, -0.2) is 0 Å². The largest absolute Gasteiger partial charge is 0.370 e. The molecule has 136 valence electrons. The molecule has 1 heterocycles. The molecule has 6 nitrogen and oxygen atoms in total. The van der Waals surface area contributed by atoms with Gasteiger partial charge in [0.25, 0.3) is 0 Å². The van der Waals surface area contributed by atoms with Crippen LogP contribution in [0.25, 0.3) is 0 Å². The molecular weight excluding hydrogens is 304 g/mol. The number of carbonyl (C=O) groups is 2. The van der Waals surface area contributed by atoms with Crippen LogP contribution in [-0.4, -0.2) is 41.9 Å². The maximum absolute atomic E-state index is 12.8. The van der Waals surface area contributed by atoms with E-state index >= 15 is 0 Å². The Bertz CT molecular complexity index is 476. The summed E-state index contributed by atoms with van der Waals surface area (Å²) in [6, 6.07) is 2.42. The summed E-state index contributed by atoms with van der Waals surface area (Å²) < 4.78 is 0. The number of amides is 2. The monoisotopic (exact) mass is 336 g/mol. The van der Waals surface area contributed by atoms with Crippen LogP contribution in [-0.2, 0) is 9.59 Å². The van der Waals surface area contributed by atoms with Gasteiger partial charge in [0.1, 0.15) is 5.54 Å². The average Bonchev–Trinajstić information content (AvgIpc) is 2.51. The first-order chi connectivity index (χ1) is 11.3. The van der Waals surface area contributed by atoms with Crippen LogP contribution in [0.1, 0.15) is 65.7 Å². The summed E-state index contributed by atoms with van der Waals surface area (Å²) in [5.41, 5.74) is 4.42. The van der Waals surface area contributed by atoms with Crippen molar-refractivity contribution >= 4 is 11.8 Å². The molecule has 0 spiro atoms. The number of carbonyl (C=O) groups excluding carboxylic acids is 2. The lowest BCUT2D eigenvalue weighted by Gasteiger charge is -2.41. The predicted octanol–water partition coefficient (Wildman–Crippen LogP) is 1.94. The summed E-state index contributed by atoms with van der Waals surface area (Å²) in [5, 5.41) is 13.0. The molecular formula is C18H32N4O2. The molecule has 0 aromatic carbocycles. The number of nitrogens with zero attached hydrogens (tertiary/aromatic N) is 2. The molecule has 24 heavy (non-hydrogen) atoms. The Morgan fingerprint density at radius 2 is 1.96 bits per heavy atom. The van der Waals surface area contributed by atoms with E-state index in [9.17, 15) is 14.9 Å². The van der Waals surface area contributed by atoms with Crippen LogP contribution >= 0.6 is 0 Å². The minimum Gasteiger partial charge on any atom is -0.370 e. The highest BCUT2D eigenvalue weighted by atomic mass is 16.2. The SMILES string of the molecule is CCCN(C(=O)CCCC(C)(C)CC(N)=O)C1(C#N)CCNCC1. The molecule has 3 N–H and O–H groups in total. The molecule has 0 saturated carbocycles. The Balaban J connectivity index is 2.67. The van der Waals surface area contributed by atoms with Gasteiger partial charge in [-0.2, -0.15) is 5.26 Å². The van der Waals surface area contributed by atoms with Gasteiger partial charge >= 0.3 is 0 Å². The minimum atomic E-state index is -0.666. The third kappa shape index (κ3) is 5.79. The third-order valence-electron chi connectivity index (χ3n) is 4.80. The van der Waals surface area contributed by atoms with Crippen molar-refractivity contribution in [3.05, 3.63) is 0 Å². The minimum absolute atomic E-state index is 0.0511. The van der Waals surface area contributed by atoms with Crippen LogP contribution in [0.15, 0.2) is 0 Å². The van der Waals surface area contributed by atoms with Gasteiger partial charge in [-0.1, -0.05) is 20.8 Å². The van der Waals surface area contributed by atoms with Gasteiger partial charge in [-0.05, 0) is 50.6 Å². The van der Waals surface area contributed by atoms with Crippen molar-refractivity contribution in [1.29, 1.82) is 5.26 Å². The molecule has 1 aliphatic heterocycles. The molecule has 6 heteroatoms. The standard InChI is InChI=1S/C18H32N4O2/c1-4-12-22(18(14-19)8-10-21-11-9-18)16(24)6-5-7-17(2,3)13-15(20)23/h21H,4-13H2,1-3H3,(H2,20,23). The second kappa shape index (κ2) is 9.03. The van der Waals surface area contributed by atoms with Gasteiger partial charge in [0.05, 0.1) is 6.07 Å². The van der Waals surface area contributed by atoms with Gasteiger partial charge in [-0.3, -0.25) is 9.59 Å². The van der Waals surface area contributed by atoms with Crippen molar-refractivity contribution in [2.45, 2.75) is 71.3 Å². The molecule has 2 amide bonds. The number of nitrogens with two attached hydrogens (primary N) is 1. The van der Waals surface area contributed by atoms with Crippen LogP contribution in [0.2, 0.25) is 0 Å². The zero-order valence-corrected chi connectivity index (χ0v) is 15.4. The maximum Gasteiger partial charge on any atom is 0.223 e. The molecule has 0 atom stereocenters. The Labute approximate surface area is 145 Å². The lowest BCUT2D eigenvalue weighted by molar-refractivity contribution is -0.136. The highest BCUT2D eigenvalue weighted by molar-refractivity contribution is 5.77. The van der Waals surface area contributed by atoms with Gasteiger partial charge in [0.15, 0.2) is 0 Å². The van der Waals surface area contributed by atoms with E-state index in [1.165, 1.54) is 0 Å². The molecule has 0 aromatic rings. The van der Waals surface area contributed by atoms with E-state index in [1.807, 2.05) is 20.8 Å². The van der Waals surface area contributed by atoms with Crippen LogP contribution in [0, 0.1) is 16.7 Å². The van der Waals surface area contributed by atoms with E-state index in [1.54, 1.807) is 4.90 Å². The van der Waals surface area contributed by atoms with Crippen LogP contribution in [0.3, 0.4) is 0 Å². The quantitative estimate of drug-likeness (QED) is 0.672. The van der Waals surface area contributed by atoms with Gasteiger partial charge in [-0.15, -0.1) is 0 Å². The molecule has 1 saturated heterocycles. The number of hydrogen-bond donors (Lipinski definition) is 2. The molecule has 0 aliphatic carbocycles. The van der Waals surface area contributed by atoms with E-state index in [4.69, 9.17) is 5.73 Å². The van der Waals surface area contributed by atoms with Crippen molar-refractivity contribution in [3.8, 4) is 6.07 Å². The first-order valence-electron chi connectivity index (χ1n) is 8.97. The van der Waals surface area contributed by atoms with Crippen LogP contribution in [0.4, 0.5) is 0 Å². The number of hydrogen-bond acceptors (Lipinski definition) is 4. The first-order valence-corrected chi connectivity index (χ1v) is 8.97. The molecule has 1 aliphatic rings. The van der Waals surface area contributed by atoms with E-state index < -0.39 is 5.54 Å². The fraction of sp³-hybridized carbons (Fsp3) is 0.833. The van der Waals surface area contributed by atoms with E-state index in [2.05, 4.69) is 11.4 Å². The number of nitriles is 1. The molecule has 1 fully saturated rings. The fourth-order valence-corrected chi connectivity index (χ4v) is 3.50. The predicted molar refractivity (Wildman–Crippen MR) is 93.9 cm³/mol. The summed E-state index contributed by atoms with van der Waals surface area (Å²) in [7, 11) is 0. The van der Waals surface area contributed by atoms with Crippen LogP contribution in [0.5, 0.6) is 0 Å². The lowest BCUT2D eigenvalue weighted by Crippen LogP contribution is -2.56. The van der Waals surface area contributed by atoms with Crippen molar-refractivity contribution in [3.63, 3.8) is 0 Å². The van der Waals surface area contributed by atoms with Gasteiger partial charge in [0.2, 0.25) is 11.8 Å². The zero-order chi connectivity index (χ0) is 18.2. The fourth-order valence-electron chi connectivity index (χ4n) is 3.50. The molecule has 0 unspecified atom stereocenters. The summed E-state index contributed by atoms with van der Waals surface area (Å²) >= 11 is 0. The molecule has 0 aromatic heterocycles. The summed E-state index contributed by atoms with van der Waals surface area (Å²) in [5.74, 6) is -0.257. The van der Waals surface area contributed by atoms with Crippen LogP contribution < -0.4 is 11.1 Å². The second-order valence-corrected chi connectivity index (χ2v) is 7.60. The van der Waals surface area contributed by atoms with Crippen molar-refractivity contribution in [2.75, 3.05) is 19.6 Å². The average molecular weight is 336 g/mol. The first kappa shape index (κ1) is 20.4. The second-order valence-electron chi connectivity index (χ2n) is 7.60. The number of nitrogens with one attached hydrogen (secondary N) is 1. The number of piperidine rings is 1. The highest BCUT2D eigenvalue weighted by Gasteiger charge is 2.40. The van der Waals surface area contributed by atoms with Gasteiger partial charge in [0, 0.05) is 19.4 Å². The van der Waals surface area contributed by atoms with Gasteiger partial charge < -0.3 is 16.0 Å². The summed E-state index contributed by atoms with van der Waals surface area (Å²) in [6.07, 6.45) is 4.43. The number of rotatable bonds is 9. The van der Waals surface area contributed by atoms with E-state index in [-0.39, 0.29) is 17.2 Å². The molecule has 1 rings (SSSR count). The van der Waals surface area contributed by atoms with E-state index in [0.717, 1.165) is 25.9 Å². The lowest BCUT2D eigenvalue weighted by atomic mass is 9.83. The normalized spacial score (nSPS) is 17.1. The summed E-state index contributed by atoms with van der Waals surface area (Å²) in [4.78, 5) is 25.7. The Kier molecular flexibility index (Phi) is 7.68.